The molecule has 0 bridgehead atoms. The maximum Gasteiger partial charge on any atom is 0.315 e. The molecule has 1 aliphatic rings. The molecule has 120 valence electrons. The minimum Gasteiger partial charge on any atom is -0.318 e. The number of fused-ring (bicyclic) bond motifs is 1. The topological polar surface area (TPSA) is 74.3 Å². The Balaban J connectivity index is 1.62. The van der Waals surface area contributed by atoms with Crippen molar-refractivity contribution in [2.75, 3.05) is 24.2 Å². The Bertz CT molecular complexity index is 744. The van der Waals surface area contributed by atoms with E-state index in [0.717, 1.165) is 34.6 Å². The van der Waals surface area contributed by atoms with Crippen molar-refractivity contribution in [2.45, 2.75) is 13.0 Å². The second kappa shape index (κ2) is 6.77. The number of carbonyl (C=O) groups is 2. The lowest BCUT2D eigenvalue weighted by molar-refractivity contribution is -0.132. The van der Waals surface area contributed by atoms with Gasteiger partial charge >= 0.3 is 11.8 Å². The summed E-state index contributed by atoms with van der Waals surface area (Å²) in [5.41, 5.74) is 1.57. The molecule has 6 nitrogen and oxygen atoms in total. The van der Waals surface area contributed by atoms with Crippen LogP contribution in [0.4, 0.5) is 10.8 Å². The van der Waals surface area contributed by atoms with E-state index in [9.17, 15) is 9.59 Å². The molecule has 0 fully saturated rings. The minimum absolute atomic E-state index is 0.473. The molecule has 0 aliphatic carbocycles. The Morgan fingerprint density at radius 2 is 1.91 bits per heavy atom. The lowest BCUT2D eigenvalue weighted by Crippen LogP contribution is -2.29. The average molecular weight is 395 g/mol. The van der Waals surface area contributed by atoms with E-state index in [1.165, 1.54) is 11.3 Å². The SMILES string of the molecule is CN1CCc2nc(NC(=O)C(=O)Nc3ccc(Br)cc3)sc2C1. The van der Waals surface area contributed by atoms with Crippen molar-refractivity contribution >= 4 is 49.9 Å². The molecule has 0 saturated carbocycles. The third kappa shape index (κ3) is 3.95. The smallest absolute Gasteiger partial charge is 0.315 e. The van der Waals surface area contributed by atoms with Crippen molar-refractivity contribution in [1.82, 2.24) is 9.88 Å². The van der Waals surface area contributed by atoms with Gasteiger partial charge in [0.1, 0.15) is 0 Å². The molecule has 2 aromatic rings. The molecular formula is C15H15BrN4O2S. The molecule has 0 spiro atoms. The molecule has 0 unspecified atom stereocenters. The fourth-order valence-electron chi connectivity index (χ4n) is 2.25. The quantitative estimate of drug-likeness (QED) is 0.767. The zero-order valence-corrected chi connectivity index (χ0v) is 14.8. The van der Waals surface area contributed by atoms with E-state index in [4.69, 9.17) is 0 Å². The van der Waals surface area contributed by atoms with Crippen LogP contribution in [0.25, 0.3) is 0 Å². The zero-order chi connectivity index (χ0) is 16.4. The fourth-order valence-corrected chi connectivity index (χ4v) is 3.60. The van der Waals surface area contributed by atoms with Crippen LogP contribution in [-0.2, 0) is 22.6 Å². The molecule has 8 heteroatoms. The number of nitrogens with one attached hydrogen (secondary N) is 2. The first-order valence-corrected chi connectivity index (χ1v) is 8.67. The van der Waals surface area contributed by atoms with E-state index in [2.05, 4.69) is 36.4 Å². The average Bonchev–Trinajstić information content (AvgIpc) is 2.90. The normalized spacial score (nSPS) is 14.2. The van der Waals surface area contributed by atoms with Crippen LogP contribution in [0.1, 0.15) is 10.6 Å². The molecule has 0 saturated heterocycles. The highest BCUT2D eigenvalue weighted by molar-refractivity contribution is 9.10. The molecule has 2 amide bonds. The number of thiazole rings is 1. The van der Waals surface area contributed by atoms with Crippen molar-refractivity contribution in [3.63, 3.8) is 0 Å². The van der Waals surface area contributed by atoms with Crippen molar-refractivity contribution in [2.24, 2.45) is 0 Å². The van der Waals surface area contributed by atoms with E-state index in [-0.39, 0.29) is 0 Å². The highest BCUT2D eigenvalue weighted by Gasteiger charge is 2.21. The number of hydrogen-bond donors (Lipinski definition) is 2. The van der Waals surface area contributed by atoms with Crippen LogP contribution in [0, 0.1) is 0 Å². The van der Waals surface area contributed by atoms with E-state index in [0.29, 0.717) is 10.8 Å². The summed E-state index contributed by atoms with van der Waals surface area (Å²) in [5.74, 6) is -1.43. The highest BCUT2D eigenvalue weighted by Crippen LogP contribution is 2.27. The second-order valence-electron chi connectivity index (χ2n) is 5.29. The maximum atomic E-state index is 12.0. The van der Waals surface area contributed by atoms with E-state index in [1.54, 1.807) is 24.3 Å². The van der Waals surface area contributed by atoms with Crippen molar-refractivity contribution in [3.05, 3.63) is 39.3 Å². The lowest BCUT2D eigenvalue weighted by Gasteiger charge is -2.20. The highest BCUT2D eigenvalue weighted by atomic mass is 79.9. The van der Waals surface area contributed by atoms with Gasteiger partial charge < -0.3 is 10.2 Å². The Morgan fingerprint density at radius 3 is 2.65 bits per heavy atom. The van der Waals surface area contributed by atoms with Gasteiger partial charge in [-0.1, -0.05) is 15.9 Å². The number of hydrogen-bond acceptors (Lipinski definition) is 5. The Hall–Kier alpha value is -1.77. The molecule has 23 heavy (non-hydrogen) atoms. The summed E-state index contributed by atoms with van der Waals surface area (Å²) in [5, 5.41) is 5.60. The largest absolute Gasteiger partial charge is 0.318 e. The van der Waals surface area contributed by atoms with E-state index >= 15 is 0 Å². The van der Waals surface area contributed by atoms with Crippen molar-refractivity contribution in [1.29, 1.82) is 0 Å². The van der Waals surface area contributed by atoms with Gasteiger partial charge in [-0.05, 0) is 31.3 Å². The van der Waals surface area contributed by atoms with Gasteiger partial charge in [0.2, 0.25) is 0 Å². The summed E-state index contributed by atoms with van der Waals surface area (Å²) in [6.07, 6.45) is 0.864. The number of likely N-dealkylation sites (N-methyl/N-ethyl adjacent to an activating group) is 1. The number of aromatic nitrogens is 1. The Kier molecular flexibility index (Phi) is 4.74. The zero-order valence-electron chi connectivity index (χ0n) is 12.4. The number of amides is 2. The summed E-state index contributed by atoms with van der Waals surface area (Å²) in [4.78, 5) is 31.7. The first-order valence-electron chi connectivity index (χ1n) is 7.06. The molecule has 0 radical (unpaired) electrons. The van der Waals surface area contributed by atoms with Gasteiger partial charge in [0.25, 0.3) is 0 Å². The monoisotopic (exact) mass is 394 g/mol. The van der Waals surface area contributed by atoms with Gasteiger partial charge in [0, 0.05) is 34.5 Å². The standard InChI is InChI=1S/C15H15BrN4O2S/c1-20-7-6-11-12(8-20)23-15(18-11)19-14(22)13(21)17-10-4-2-9(16)3-5-10/h2-5H,6-8H2,1H3,(H,17,21)(H,18,19,22). The van der Waals surface area contributed by atoms with Crippen LogP contribution in [-0.4, -0.2) is 35.3 Å². The summed E-state index contributed by atoms with van der Waals surface area (Å²) in [6, 6.07) is 7.01. The van der Waals surface area contributed by atoms with Crippen molar-refractivity contribution in [3.8, 4) is 0 Å². The van der Waals surface area contributed by atoms with Crippen LogP contribution >= 0.6 is 27.3 Å². The van der Waals surface area contributed by atoms with Crippen LogP contribution in [0.5, 0.6) is 0 Å². The predicted octanol–water partition coefficient (Wildman–Crippen LogP) is 2.47. The molecular weight excluding hydrogens is 380 g/mol. The lowest BCUT2D eigenvalue weighted by atomic mass is 10.2. The van der Waals surface area contributed by atoms with Gasteiger partial charge in [-0.25, -0.2) is 4.98 Å². The van der Waals surface area contributed by atoms with Crippen LogP contribution in [0.3, 0.4) is 0 Å². The number of anilines is 2. The third-order valence-corrected chi connectivity index (χ3v) is 4.98. The summed E-state index contributed by atoms with van der Waals surface area (Å²) >= 11 is 4.74. The molecule has 1 aliphatic heterocycles. The minimum atomic E-state index is -0.715. The summed E-state index contributed by atoms with van der Waals surface area (Å²) in [6.45, 7) is 1.78. The van der Waals surface area contributed by atoms with Gasteiger partial charge in [-0.15, -0.1) is 11.3 Å². The number of carbonyl (C=O) groups excluding carboxylic acids is 2. The first-order chi connectivity index (χ1) is 11.0. The number of halogens is 1. The molecule has 2 heterocycles. The molecule has 1 aromatic heterocycles. The first kappa shape index (κ1) is 16.1. The van der Waals surface area contributed by atoms with Gasteiger partial charge in [-0.3, -0.25) is 14.9 Å². The Labute approximate surface area is 146 Å². The Morgan fingerprint density at radius 1 is 1.22 bits per heavy atom. The summed E-state index contributed by atoms with van der Waals surface area (Å²) in [7, 11) is 2.05. The van der Waals surface area contributed by atoms with Gasteiger partial charge in [0.05, 0.1) is 5.69 Å². The van der Waals surface area contributed by atoms with Crippen LogP contribution in [0.2, 0.25) is 0 Å². The van der Waals surface area contributed by atoms with Crippen molar-refractivity contribution < 1.29 is 9.59 Å². The van der Waals surface area contributed by atoms with E-state index in [1.807, 2.05) is 7.05 Å². The molecule has 2 N–H and O–H groups in total. The molecule has 3 rings (SSSR count). The van der Waals surface area contributed by atoms with Gasteiger partial charge in [-0.2, -0.15) is 0 Å². The third-order valence-electron chi connectivity index (χ3n) is 3.45. The van der Waals surface area contributed by atoms with Crippen LogP contribution < -0.4 is 10.6 Å². The summed E-state index contributed by atoms with van der Waals surface area (Å²) < 4.78 is 0.901. The number of nitrogens with zero attached hydrogens (tertiary/aromatic N) is 2. The second-order valence-corrected chi connectivity index (χ2v) is 7.29. The van der Waals surface area contributed by atoms with Gasteiger partial charge in [0.15, 0.2) is 5.13 Å². The predicted molar refractivity (Wildman–Crippen MR) is 93.6 cm³/mol. The van der Waals surface area contributed by atoms with Crippen LogP contribution in [0.15, 0.2) is 28.7 Å². The molecule has 1 aromatic carbocycles. The molecule has 0 atom stereocenters. The van der Waals surface area contributed by atoms with E-state index < -0.39 is 11.8 Å². The number of rotatable bonds is 2. The number of benzene rings is 1. The fraction of sp³-hybridized carbons (Fsp3) is 0.267. The maximum absolute atomic E-state index is 12.0.